The lowest BCUT2D eigenvalue weighted by Gasteiger charge is -2.31. The van der Waals surface area contributed by atoms with Gasteiger partial charge < -0.3 is 10.6 Å². The third-order valence-corrected chi connectivity index (χ3v) is 4.45. The number of carbonyl (C=O) groups excluding carboxylic acids is 1. The summed E-state index contributed by atoms with van der Waals surface area (Å²) in [6.07, 6.45) is 8.99. The van der Waals surface area contributed by atoms with E-state index in [0.29, 0.717) is 11.9 Å². The molecule has 0 aromatic heterocycles. The minimum atomic E-state index is 0. The van der Waals surface area contributed by atoms with E-state index in [0.717, 1.165) is 32.2 Å². The Bertz CT molecular complexity index is 273. The van der Waals surface area contributed by atoms with Crippen LogP contribution in [0.1, 0.15) is 58.3 Å². The number of nitrogens with two attached hydrogens (primary N) is 1. The molecule has 1 saturated heterocycles. The van der Waals surface area contributed by atoms with E-state index in [4.69, 9.17) is 5.73 Å². The molecule has 0 spiro atoms. The fourth-order valence-electron chi connectivity index (χ4n) is 3.37. The zero-order chi connectivity index (χ0) is 12.3. The van der Waals surface area contributed by atoms with E-state index in [1.165, 1.54) is 25.7 Å². The van der Waals surface area contributed by atoms with Crippen LogP contribution in [0.4, 0.5) is 0 Å². The average molecular weight is 275 g/mol. The molecule has 2 fully saturated rings. The summed E-state index contributed by atoms with van der Waals surface area (Å²) >= 11 is 0. The minimum absolute atomic E-state index is 0. The first-order chi connectivity index (χ1) is 8.22. The molecule has 1 aliphatic carbocycles. The highest BCUT2D eigenvalue weighted by Gasteiger charge is 2.33. The van der Waals surface area contributed by atoms with Gasteiger partial charge in [-0.2, -0.15) is 0 Å². The summed E-state index contributed by atoms with van der Waals surface area (Å²) in [5, 5.41) is 0. The molecule has 18 heavy (non-hydrogen) atoms. The first kappa shape index (κ1) is 15.8. The zero-order valence-electron chi connectivity index (χ0n) is 11.4. The third-order valence-electron chi connectivity index (χ3n) is 4.45. The monoisotopic (exact) mass is 274 g/mol. The van der Waals surface area contributed by atoms with Gasteiger partial charge in [0.2, 0.25) is 5.91 Å². The van der Waals surface area contributed by atoms with Crippen molar-refractivity contribution in [2.45, 2.75) is 70.4 Å². The number of likely N-dealkylation sites (tertiary alicyclic amines) is 1. The Morgan fingerprint density at radius 3 is 2.61 bits per heavy atom. The predicted molar refractivity (Wildman–Crippen MR) is 76.8 cm³/mol. The zero-order valence-corrected chi connectivity index (χ0v) is 12.3. The molecule has 4 heteroatoms. The van der Waals surface area contributed by atoms with E-state index in [1.807, 2.05) is 0 Å². The van der Waals surface area contributed by atoms with E-state index < -0.39 is 0 Å². The highest BCUT2D eigenvalue weighted by Crippen LogP contribution is 2.29. The second kappa shape index (κ2) is 7.34. The molecule has 1 amide bonds. The first-order valence-electron chi connectivity index (χ1n) is 7.28. The molecule has 3 atom stereocenters. The van der Waals surface area contributed by atoms with Crippen molar-refractivity contribution in [3.8, 4) is 0 Å². The summed E-state index contributed by atoms with van der Waals surface area (Å²) < 4.78 is 0. The minimum Gasteiger partial charge on any atom is -0.339 e. The Kier molecular flexibility index (Phi) is 6.44. The number of rotatable bonds is 2. The summed E-state index contributed by atoms with van der Waals surface area (Å²) in [5.74, 6) is 0.615. The van der Waals surface area contributed by atoms with E-state index in [-0.39, 0.29) is 24.4 Å². The van der Waals surface area contributed by atoms with Gasteiger partial charge in [-0.05, 0) is 38.5 Å². The summed E-state index contributed by atoms with van der Waals surface area (Å²) in [6.45, 7) is 3.18. The number of halogens is 1. The second-order valence-corrected chi connectivity index (χ2v) is 5.71. The van der Waals surface area contributed by atoms with Crippen LogP contribution in [0.15, 0.2) is 0 Å². The summed E-state index contributed by atoms with van der Waals surface area (Å²) in [6, 6.07) is 0.748. The lowest BCUT2D eigenvalue weighted by Crippen LogP contribution is -2.42. The number of hydrogen-bond donors (Lipinski definition) is 1. The van der Waals surface area contributed by atoms with Gasteiger partial charge in [0.1, 0.15) is 0 Å². The van der Waals surface area contributed by atoms with Crippen LogP contribution >= 0.6 is 12.4 Å². The van der Waals surface area contributed by atoms with Crippen LogP contribution < -0.4 is 5.73 Å². The van der Waals surface area contributed by atoms with Gasteiger partial charge in [-0.1, -0.05) is 19.8 Å². The number of carbonyl (C=O) groups is 1. The molecular formula is C14H27ClN2O. The van der Waals surface area contributed by atoms with Crippen molar-refractivity contribution in [1.29, 1.82) is 0 Å². The summed E-state index contributed by atoms with van der Waals surface area (Å²) in [5.41, 5.74) is 5.92. The van der Waals surface area contributed by atoms with Gasteiger partial charge in [0.15, 0.2) is 0 Å². The Morgan fingerprint density at radius 1 is 1.22 bits per heavy atom. The normalized spacial score (nSPS) is 32.8. The number of nitrogens with zero attached hydrogens (tertiary/aromatic N) is 1. The molecule has 1 saturated carbocycles. The van der Waals surface area contributed by atoms with Crippen LogP contribution in [0.25, 0.3) is 0 Å². The van der Waals surface area contributed by atoms with Gasteiger partial charge in [0, 0.05) is 24.5 Å². The lowest BCUT2D eigenvalue weighted by molar-refractivity contribution is -0.137. The van der Waals surface area contributed by atoms with Crippen molar-refractivity contribution in [1.82, 2.24) is 4.90 Å². The Morgan fingerprint density at radius 2 is 2.00 bits per heavy atom. The molecule has 0 radical (unpaired) electrons. The van der Waals surface area contributed by atoms with Crippen LogP contribution in [0.5, 0.6) is 0 Å². The summed E-state index contributed by atoms with van der Waals surface area (Å²) in [4.78, 5) is 14.7. The maximum Gasteiger partial charge on any atom is 0.225 e. The quantitative estimate of drug-likeness (QED) is 0.842. The van der Waals surface area contributed by atoms with E-state index in [1.54, 1.807) is 0 Å². The van der Waals surface area contributed by atoms with Gasteiger partial charge in [-0.25, -0.2) is 0 Å². The third kappa shape index (κ3) is 3.61. The van der Waals surface area contributed by atoms with Crippen molar-refractivity contribution >= 4 is 18.3 Å². The van der Waals surface area contributed by atoms with Gasteiger partial charge in [0.25, 0.3) is 0 Å². The molecule has 0 bridgehead atoms. The van der Waals surface area contributed by atoms with Crippen LogP contribution in [0.2, 0.25) is 0 Å². The first-order valence-corrected chi connectivity index (χ1v) is 7.28. The predicted octanol–water partition coefficient (Wildman–Crippen LogP) is 2.72. The molecule has 2 rings (SSSR count). The largest absolute Gasteiger partial charge is 0.339 e. The standard InChI is InChI=1S/C14H26N2O.ClH/c1-2-13-6-4-3-5-9-16(13)14(17)11-7-8-12(15)10-11;/h11-13H,2-10,15H2,1H3;1H. The van der Waals surface area contributed by atoms with Crippen molar-refractivity contribution < 1.29 is 4.79 Å². The van der Waals surface area contributed by atoms with E-state index in [2.05, 4.69) is 11.8 Å². The van der Waals surface area contributed by atoms with Gasteiger partial charge in [-0.3, -0.25) is 4.79 Å². The molecule has 2 N–H and O–H groups in total. The SMILES string of the molecule is CCC1CCCCCN1C(=O)C1CCC(N)C1.Cl. The molecular weight excluding hydrogens is 248 g/mol. The molecule has 0 aromatic rings. The van der Waals surface area contributed by atoms with Crippen molar-refractivity contribution in [2.24, 2.45) is 11.7 Å². The maximum absolute atomic E-state index is 12.5. The second-order valence-electron chi connectivity index (χ2n) is 5.71. The number of amides is 1. The fourth-order valence-corrected chi connectivity index (χ4v) is 3.37. The molecule has 3 unspecified atom stereocenters. The molecule has 1 aliphatic heterocycles. The van der Waals surface area contributed by atoms with Gasteiger partial charge in [0.05, 0.1) is 0 Å². The smallest absolute Gasteiger partial charge is 0.225 e. The highest BCUT2D eigenvalue weighted by atomic mass is 35.5. The Hall–Kier alpha value is -0.280. The topological polar surface area (TPSA) is 46.3 Å². The van der Waals surface area contributed by atoms with Crippen LogP contribution in [0.3, 0.4) is 0 Å². The molecule has 3 nitrogen and oxygen atoms in total. The molecule has 106 valence electrons. The Balaban J connectivity index is 0.00000162. The van der Waals surface area contributed by atoms with Crippen LogP contribution in [0, 0.1) is 5.92 Å². The lowest BCUT2D eigenvalue weighted by atomic mass is 10.0. The van der Waals surface area contributed by atoms with Crippen molar-refractivity contribution in [2.75, 3.05) is 6.54 Å². The fraction of sp³-hybridized carbons (Fsp3) is 0.929. The molecule has 0 aromatic carbocycles. The highest BCUT2D eigenvalue weighted by molar-refractivity contribution is 5.85. The maximum atomic E-state index is 12.5. The van der Waals surface area contributed by atoms with Gasteiger partial charge >= 0.3 is 0 Å². The van der Waals surface area contributed by atoms with Gasteiger partial charge in [-0.15, -0.1) is 12.4 Å². The van der Waals surface area contributed by atoms with Crippen LogP contribution in [-0.4, -0.2) is 29.4 Å². The Labute approximate surface area is 117 Å². The molecule has 2 aliphatic rings. The number of hydrogen-bond acceptors (Lipinski definition) is 2. The van der Waals surface area contributed by atoms with E-state index in [9.17, 15) is 4.79 Å². The van der Waals surface area contributed by atoms with Crippen LogP contribution in [-0.2, 0) is 4.79 Å². The summed E-state index contributed by atoms with van der Waals surface area (Å²) in [7, 11) is 0. The molecule has 1 heterocycles. The van der Waals surface area contributed by atoms with E-state index >= 15 is 0 Å². The average Bonchev–Trinajstić information content (AvgIpc) is 2.64. The van der Waals surface area contributed by atoms with Crippen molar-refractivity contribution in [3.05, 3.63) is 0 Å². The van der Waals surface area contributed by atoms with Crippen molar-refractivity contribution in [3.63, 3.8) is 0 Å².